The smallest absolute Gasteiger partial charge is 0.329 e. The summed E-state index contributed by atoms with van der Waals surface area (Å²) in [7, 11) is 0. The van der Waals surface area contributed by atoms with E-state index in [-0.39, 0.29) is 23.3 Å². The Bertz CT molecular complexity index is 676. The maximum absolute atomic E-state index is 12.0. The van der Waals surface area contributed by atoms with Crippen molar-refractivity contribution in [2.75, 3.05) is 31.2 Å². The highest BCUT2D eigenvalue weighted by Gasteiger charge is 2.37. The second kappa shape index (κ2) is 7.31. The molecule has 1 unspecified atom stereocenters. The highest BCUT2D eigenvalue weighted by Crippen LogP contribution is 2.25. The number of aromatic nitrogens is 2. The number of rotatable bonds is 5. The minimum absolute atomic E-state index is 0.0338. The van der Waals surface area contributed by atoms with E-state index in [1.54, 1.807) is 6.92 Å². The molecule has 2 aliphatic heterocycles. The summed E-state index contributed by atoms with van der Waals surface area (Å²) in [5, 5.41) is 14.3. The third-order valence-corrected chi connectivity index (χ3v) is 5.50. The number of ether oxygens (including phenoxy) is 1. The van der Waals surface area contributed by atoms with Gasteiger partial charge in [-0.25, -0.2) is 4.79 Å². The lowest BCUT2D eigenvalue weighted by Gasteiger charge is -2.39. The summed E-state index contributed by atoms with van der Waals surface area (Å²) >= 11 is 0. The Balaban J connectivity index is 1.64. The third-order valence-electron chi connectivity index (χ3n) is 5.50. The van der Waals surface area contributed by atoms with Gasteiger partial charge in [-0.1, -0.05) is 0 Å². The van der Waals surface area contributed by atoms with Gasteiger partial charge in [-0.05, 0) is 20.3 Å². The Labute approximate surface area is 146 Å². The number of nitrogens with zero attached hydrogens (tertiary/aromatic N) is 2. The second-order valence-electron chi connectivity index (χ2n) is 7.08. The average molecular weight is 352 g/mol. The number of aromatic amines is 1. The summed E-state index contributed by atoms with van der Waals surface area (Å²) in [6.07, 6.45) is 2.18. The molecule has 25 heavy (non-hydrogen) atoms. The molecule has 2 atom stereocenters. The molecule has 1 aromatic heterocycles. The van der Waals surface area contributed by atoms with E-state index in [0.717, 1.165) is 13.0 Å². The Morgan fingerprint density at radius 3 is 2.80 bits per heavy atom. The normalized spacial score (nSPS) is 24.4. The molecule has 0 aliphatic carbocycles. The van der Waals surface area contributed by atoms with Crippen molar-refractivity contribution in [1.82, 2.24) is 14.9 Å². The van der Waals surface area contributed by atoms with E-state index in [1.165, 1.54) is 10.6 Å². The minimum Gasteiger partial charge on any atom is -0.388 e. The largest absolute Gasteiger partial charge is 0.388 e. The summed E-state index contributed by atoms with van der Waals surface area (Å²) in [6, 6.07) is 1.66. The van der Waals surface area contributed by atoms with Crippen LogP contribution in [0.1, 0.15) is 33.1 Å². The summed E-state index contributed by atoms with van der Waals surface area (Å²) in [5.41, 5.74) is -1.38. The van der Waals surface area contributed by atoms with Gasteiger partial charge in [-0.3, -0.25) is 14.3 Å². The zero-order valence-electron chi connectivity index (χ0n) is 15.0. The molecule has 3 N–H and O–H groups in total. The number of anilines is 1. The molecule has 0 saturated carbocycles. The first-order valence-electron chi connectivity index (χ1n) is 9.08. The standard InChI is InChI=1S/C17H28N4O4/c1-3-21-15(22)10-14(19-16(21)23)20-7-4-13(11-20)18-12(2)17(24)5-8-25-9-6-17/h10,12-13,18,24H,3-9,11H2,1-2H3,(H,19,23)/t12?,13-/m1/s1. The predicted molar refractivity (Wildman–Crippen MR) is 95.2 cm³/mol. The van der Waals surface area contributed by atoms with Crippen molar-refractivity contribution >= 4 is 5.82 Å². The lowest BCUT2D eigenvalue weighted by atomic mass is 9.87. The van der Waals surface area contributed by atoms with Gasteiger partial charge in [0, 0.05) is 63.8 Å². The van der Waals surface area contributed by atoms with Gasteiger partial charge >= 0.3 is 5.69 Å². The van der Waals surface area contributed by atoms with Crippen LogP contribution < -0.4 is 21.5 Å². The summed E-state index contributed by atoms with van der Waals surface area (Å²) < 4.78 is 6.52. The highest BCUT2D eigenvalue weighted by atomic mass is 16.5. The fraction of sp³-hybridized carbons (Fsp3) is 0.765. The summed E-state index contributed by atoms with van der Waals surface area (Å²) in [4.78, 5) is 28.8. The fourth-order valence-corrected chi connectivity index (χ4v) is 3.76. The Morgan fingerprint density at radius 2 is 2.16 bits per heavy atom. The van der Waals surface area contributed by atoms with Crippen LogP contribution in [-0.4, -0.2) is 58.6 Å². The van der Waals surface area contributed by atoms with Gasteiger partial charge in [0.2, 0.25) is 0 Å². The molecule has 3 heterocycles. The van der Waals surface area contributed by atoms with Gasteiger partial charge in [0.1, 0.15) is 5.82 Å². The first-order chi connectivity index (χ1) is 11.9. The van der Waals surface area contributed by atoms with E-state index in [2.05, 4.69) is 10.3 Å². The molecule has 0 radical (unpaired) electrons. The molecule has 3 rings (SSSR count). The van der Waals surface area contributed by atoms with Crippen molar-refractivity contribution in [3.63, 3.8) is 0 Å². The molecule has 0 aromatic carbocycles. The first-order valence-corrected chi connectivity index (χ1v) is 9.08. The maximum atomic E-state index is 12.0. The van der Waals surface area contributed by atoms with Gasteiger partial charge in [-0.15, -0.1) is 0 Å². The van der Waals surface area contributed by atoms with E-state index in [0.29, 0.717) is 45.0 Å². The van der Waals surface area contributed by atoms with Crippen LogP contribution in [0.5, 0.6) is 0 Å². The number of hydrogen-bond donors (Lipinski definition) is 3. The lowest BCUT2D eigenvalue weighted by Crippen LogP contribution is -2.55. The number of aliphatic hydroxyl groups is 1. The molecule has 8 nitrogen and oxygen atoms in total. The van der Waals surface area contributed by atoms with Crippen molar-refractivity contribution in [3.05, 3.63) is 26.9 Å². The molecule has 1 aromatic rings. The second-order valence-corrected chi connectivity index (χ2v) is 7.08. The Kier molecular flexibility index (Phi) is 5.31. The van der Waals surface area contributed by atoms with Crippen molar-refractivity contribution < 1.29 is 9.84 Å². The van der Waals surface area contributed by atoms with Crippen molar-refractivity contribution in [2.24, 2.45) is 0 Å². The van der Waals surface area contributed by atoms with Gasteiger partial charge in [0.15, 0.2) is 0 Å². The monoisotopic (exact) mass is 352 g/mol. The van der Waals surface area contributed by atoms with Crippen LogP contribution in [0, 0.1) is 0 Å². The minimum atomic E-state index is -0.735. The zero-order chi connectivity index (χ0) is 18.0. The van der Waals surface area contributed by atoms with Crippen LogP contribution in [0.15, 0.2) is 15.7 Å². The van der Waals surface area contributed by atoms with Crippen molar-refractivity contribution in [2.45, 2.75) is 57.3 Å². The molecule has 140 valence electrons. The van der Waals surface area contributed by atoms with Crippen LogP contribution >= 0.6 is 0 Å². The van der Waals surface area contributed by atoms with Crippen LogP contribution in [-0.2, 0) is 11.3 Å². The zero-order valence-corrected chi connectivity index (χ0v) is 15.0. The molecule has 0 spiro atoms. The molecule has 8 heteroatoms. The predicted octanol–water partition coefficient (Wildman–Crippen LogP) is -0.345. The van der Waals surface area contributed by atoms with E-state index in [1.807, 2.05) is 11.8 Å². The molecule has 2 fully saturated rings. The highest BCUT2D eigenvalue weighted by molar-refractivity contribution is 5.38. The molecular weight excluding hydrogens is 324 g/mol. The Hall–Kier alpha value is -1.64. The van der Waals surface area contributed by atoms with Gasteiger partial charge in [-0.2, -0.15) is 0 Å². The summed E-state index contributed by atoms with van der Waals surface area (Å²) in [6.45, 7) is 6.79. The number of hydrogen-bond acceptors (Lipinski definition) is 6. The maximum Gasteiger partial charge on any atom is 0.329 e. The molecule has 2 saturated heterocycles. The van der Waals surface area contributed by atoms with Crippen LogP contribution in [0.2, 0.25) is 0 Å². The molecule has 2 aliphatic rings. The van der Waals surface area contributed by atoms with Gasteiger partial charge < -0.3 is 20.1 Å². The molecule has 0 bridgehead atoms. The van der Waals surface area contributed by atoms with Crippen LogP contribution in [0.25, 0.3) is 0 Å². The van der Waals surface area contributed by atoms with Crippen LogP contribution in [0.3, 0.4) is 0 Å². The van der Waals surface area contributed by atoms with Crippen LogP contribution in [0.4, 0.5) is 5.82 Å². The van der Waals surface area contributed by atoms with Gasteiger partial charge in [0.05, 0.1) is 5.60 Å². The number of nitrogens with one attached hydrogen (secondary N) is 2. The molecule has 0 amide bonds. The van der Waals surface area contributed by atoms with Crippen molar-refractivity contribution in [3.8, 4) is 0 Å². The quantitative estimate of drug-likeness (QED) is 0.670. The fourth-order valence-electron chi connectivity index (χ4n) is 3.76. The van der Waals surface area contributed by atoms with E-state index < -0.39 is 5.60 Å². The van der Waals surface area contributed by atoms with E-state index >= 15 is 0 Å². The first kappa shape index (κ1) is 18.2. The molecular formula is C17H28N4O4. The average Bonchev–Trinajstić information content (AvgIpc) is 3.04. The Morgan fingerprint density at radius 1 is 1.44 bits per heavy atom. The van der Waals surface area contributed by atoms with Gasteiger partial charge in [0.25, 0.3) is 5.56 Å². The number of H-pyrrole nitrogens is 1. The SMILES string of the molecule is CCn1c(=O)cc(N2CC[C@@H](NC(C)C3(O)CCOCC3)C2)[nH]c1=O. The summed E-state index contributed by atoms with van der Waals surface area (Å²) in [5.74, 6) is 0.571. The van der Waals surface area contributed by atoms with E-state index in [9.17, 15) is 14.7 Å². The third kappa shape index (κ3) is 3.80. The van der Waals surface area contributed by atoms with Crippen molar-refractivity contribution in [1.29, 1.82) is 0 Å². The van der Waals surface area contributed by atoms with E-state index in [4.69, 9.17) is 4.74 Å². The topological polar surface area (TPSA) is 99.6 Å². The lowest BCUT2D eigenvalue weighted by molar-refractivity contribution is -0.0830.